The Balaban J connectivity index is 1.91. The van der Waals surface area contributed by atoms with Crippen molar-refractivity contribution in [2.24, 2.45) is 0 Å². The van der Waals surface area contributed by atoms with Crippen LogP contribution in [0.5, 0.6) is 11.5 Å². The van der Waals surface area contributed by atoms with Gasteiger partial charge >= 0.3 is 0 Å². The van der Waals surface area contributed by atoms with Crippen molar-refractivity contribution in [3.8, 4) is 22.8 Å². The van der Waals surface area contributed by atoms with Gasteiger partial charge in [0.15, 0.2) is 11.5 Å². The summed E-state index contributed by atoms with van der Waals surface area (Å²) in [6, 6.07) is 23.4. The van der Waals surface area contributed by atoms with Gasteiger partial charge < -0.3 is 19.5 Å². The van der Waals surface area contributed by atoms with Crippen LogP contribution in [0.1, 0.15) is 11.1 Å². The summed E-state index contributed by atoms with van der Waals surface area (Å²) in [5.41, 5.74) is 1.98. The number of hydrogen-bond acceptors (Lipinski definition) is 4. The van der Waals surface area contributed by atoms with Crippen LogP contribution in [0.4, 0.5) is 0 Å². The minimum absolute atomic E-state index is 0.101. The highest BCUT2D eigenvalue weighted by Gasteiger charge is 2.22. The summed E-state index contributed by atoms with van der Waals surface area (Å²) in [6.07, 6.45) is 0. The van der Waals surface area contributed by atoms with Crippen molar-refractivity contribution in [1.82, 2.24) is 4.57 Å². The second-order valence-corrected chi connectivity index (χ2v) is 7.17. The van der Waals surface area contributed by atoms with Gasteiger partial charge in [-0.2, -0.15) is 0 Å². The number of benzene rings is 3. The molecular formula is C25H23NO4. The Morgan fingerprint density at radius 3 is 2.37 bits per heavy atom. The minimum atomic E-state index is -0.350. The molecule has 4 rings (SSSR count). The molecule has 2 N–H and O–H groups in total. The zero-order valence-electron chi connectivity index (χ0n) is 16.7. The average molecular weight is 401 g/mol. The minimum Gasteiger partial charge on any atom is -0.504 e. The molecule has 5 heteroatoms. The number of fused-ring (bicyclic) bond motifs is 1. The highest BCUT2D eigenvalue weighted by Crippen LogP contribution is 2.39. The third-order valence-corrected chi connectivity index (χ3v) is 5.19. The Morgan fingerprint density at radius 1 is 0.933 bits per heavy atom. The van der Waals surface area contributed by atoms with Gasteiger partial charge in [0.05, 0.1) is 17.9 Å². The van der Waals surface area contributed by atoms with E-state index in [1.165, 1.54) is 4.57 Å². The molecule has 0 saturated heterocycles. The maximum atomic E-state index is 12.9. The Bertz CT molecular complexity index is 1250. The quantitative estimate of drug-likeness (QED) is 0.507. The molecule has 0 atom stereocenters. The molecule has 152 valence electrons. The maximum Gasteiger partial charge on any atom is 0.257 e. The van der Waals surface area contributed by atoms with E-state index in [0.717, 1.165) is 21.9 Å². The van der Waals surface area contributed by atoms with Crippen molar-refractivity contribution in [3.05, 3.63) is 94.3 Å². The fourth-order valence-corrected chi connectivity index (χ4v) is 3.61. The van der Waals surface area contributed by atoms with E-state index in [1.54, 1.807) is 6.92 Å². The van der Waals surface area contributed by atoms with Crippen LogP contribution in [-0.2, 0) is 13.2 Å². The summed E-state index contributed by atoms with van der Waals surface area (Å²) < 4.78 is 7.52. The monoisotopic (exact) mass is 401 g/mol. The normalized spacial score (nSPS) is 11.0. The number of aliphatic hydroxyl groups excluding tert-OH is 1. The van der Waals surface area contributed by atoms with Crippen LogP contribution in [0, 0.1) is 6.92 Å². The van der Waals surface area contributed by atoms with Gasteiger partial charge in [-0.1, -0.05) is 66.7 Å². The summed E-state index contributed by atoms with van der Waals surface area (Å²) in [6.45, 7) is 1.70. The van der Waals surface area contributed by atoms with Gasteiger partial charge in [0.25, 0.3) is 5.56 Å². The van der Waals surface area contributed by atoms with E-state index in [9.17, 15) is 15.0 Å². The van der Waals surface area contributed by atoms with Crippen molar-refractivity contribution in [2.45, 2.75) is 20.1 Å². The van der Waals surface area contributed by atoms with Crippen LogP contribution in [-0.4, -0.2) is 21.4 Å². The highest BCUT2D eigenvalue weighted by atomic mass is 16.5. The number of rotatable bonds is 6. The zero-order valence-corrected chi connectivity index (χ0v) is 16.7. The van der Waals surface area contributed by atoms with Crippen molar-refractivity contribution < 1.29 is 14.9 Å². The molecule has 1 heterocycles. The van der Waals surface area contributed by atoms with Crippen LogP contribution in [0.2, 0.25) is 0 Å². The van der Waals surface area contributed by atoms with Crippen LogP contribution in [0.15, 0.2) is 77.6 Å². The number of aromatic hydroxyl groups is 1. The van der Waals surface area contributed by atoms with Crippen LogP contribution < -0.4 is 10.3 Å². The Morgan fingerprint density at radius 2 is 1.63 bits per heavy atom. The first-order chi connectivity index (χ1) is 14.6. The molecule has 3 aromatic carbocycles. The lowest BCUT2D eigenvalue weighted by molar-refractivity contribution is 0.266. The summed E-state index contributed by atoms with van der Waals surface area (Å²) in [7, 11) is 0. The molecule has 0 bridgehead atoms. The molecule has 0 radical (unpaired) electrons. The fourth-order valence-electron chi connectivity index (χ4n) is 3.61. The molecule has 0 unspecified atom stereocenters. The standard InChI is InChI=1S/C25H23NO4/c1-17-23(28)24(30-16-18-7-3-2-4-8-18)22(26(13-14-27)25(17)29)21-12-11-19-9-5-6-10-20(19)15-21/h2-12,15,27-28H,13-14,16H2,1H3. The molecule has 0 aliphatic rings. The molecule has 0 aliphatic heterocycles. The van der Waals surface area contributed by atoms with Crippen LogP contribution in [0.25, 0.3) is 22.0 Å². The smallest absolute Gasteiger partial charge is 0.257 e. The lowest BCUT2D eigenvalue weighted by atomic mass is 10.0. The average Bonchev–Trinajstić information content (AvgIpc) is 2.79. The van der Waals surface area contributed by atoms with Crippen molar-refractivity contribution in [3.63, 3.8) is 0 Å². The number of ether oxygens (including phenoxy) is 1. The fraction of sp³-hybridized carbons (Fsp3) is 0.160. The highest BCUT2D eigenvalue weighted by molar-refractivity contribution is 5.88. The van der Waals surface area contributed by atoms with Crippen molar-refractivity contribution in [1.29, 1.82) is 0 Å². The second-order valence-electron chi connectivity index (χ2n) is 7.17. The molecule has 30 heavy (non-hydrogen) atoms. The third-order valence-electron chi connectivity index (χ3n) is 5.19. The van der Waals surface area contributed by atoms with Gasteiger partial charge in [-0.05, 0) is 29.3 Å². The van der Waals surface area contributed by atoms with E-state index in [2.05, 4.69) is 0 Å². The number of aromatic nitrogens is 1. The predicted molar refractivity (Wildman–Crippen MR) is 118 cm³/mol. The van der Waals surface area contributed by atoms with Gasteiger partial charge in [0.2, 0.25) is 0 Å². The SMILES string of the molecule is Cc1c(O)c(OCc2ccccc2)c(-c2ccc3ccccc3c2)n(CCO)c1=O. The van der Waals surface area contributed by atoms with Crippen molar-refractivity contribution >= 4 is 10.8 Å². The van der Waals surface area contributed by atoms with E-state index >= 15 is 0 Å². The number of nitrogens with zero attached hydrogens (tertiary/aromatic N) is 1. The van der Waals surface area contributed by atoms with Gasteiger partial charge in [-0.15, -0.1) is 0 Å². The maximum absolute atomic E-state index is 12.9. The number of hydrogen-bond donors (Lipinski definition) is 2. The van der Waals surface area contributed by atoms with E-state index in [4.69, 9.17) is 4.74 Å². The van der Waals surface area contributed by atoms with Crippen molar-refractivity contribution in [2.75, 3.05) is 6.61 Å². The van der Waals surface area contributed by atoms with Gasteiger partial charge in [0.1, 0.15) is 6.61 Å². The summed E-state index contributed by atoms with van der Waals surface area (Å²) in [5.74, 6) is 0.0629. The topological polar surface area (TPSA) is 71.7 Å². The molecule has 0 fully saturated rings. The van der Waals surface area contributed by atoms with E-state index in [1.807, 2.05) is 72.8 Å². The molecular weight excluding hydrogens is 378 g/mol. The third kappa shape index (κ3) is 3.67. The largest absolute Gasteiger partial charge is 0.504 e. The first-order valence-electron chi connectivity index (χ1n) is 9.83. The molecule has 0 aliphatic carbocycles. The van der Waals surface area contributed by atoms with Crippen LogP contribution in [0.3, 0.4) is 0 Å². The summed E-state index contributed by atoms with van der Waals surface area (Å²) >= 11 is 0. The van der Waals surface area contributed by atoms with E-state index < -0.39 is 0 Å². The lowest BCUT2D eigenvalue weighted by Crippen LogP contribution is -2.26. The van der Waals surface area contributed by atoms with E-state index in [-0.39, 0.29) is 42.4 Å². The summed E-state index contributed by atoms with van der Waals surface area (Å²) in [5, 5.41) is 22.5. The predicted octanol–water partition coefficient (Wildman–Crippen LogP) is 4.25. The second kappa shape index (κ2) is 8.43. The molecule has 0 spiro atoms. The Labute approximate surface area is 174 Å². The zero-order chi connectivity index (χ0) is 21.1. The molecule has 5 nitrogen and oxygen atoms in total. The molecule has 1 aromatic heterocycles. The van der Waals surface area contributed by atoms with Crippen LogP contribution >= 0.6 is 0 Å². The van der Waals surface area contributed by atoms with Gasteiger partial charge in [-0.3, -0.25) is 4.79 Å². The Hall–Kier alpha value is -3.57. The van der Waals surface area contributed by atoms with Gasteiger partial charge in [-0.25, -0.2) is 0 Å². The lowest BCUT2D eigenvalue weighted by Gasteiger charge is -2.20. The first kappa shape index (κ1) is 19.7. The van der Waals surface area contributed by atoms with Gasteiger partial charge in [0, 0.05) is 12.1 Å². The molecule has 0 saturated carbocycles. The number of aliphatic hydroxyl groups is 1. The molecule has 4 aromatic rings. The summed E-state index contributed by atoms with van der Waals surface area (Å²) in [4.78, 5) is 12.9. The first-order valence-corrected chi connectivity index (χ1v) is 9.83. The van der Waals surface area contributed by atoms with E-state index in [0.29, 0.717) is 5.69 Å². The Kier molecular flexibility index (Phi) is 5.55. The molecule has 0 amide bonds. The number of pyridine rings is 1.